The Morgan fingerprint density at radius 2 is 2.00 bits per heavy atom. The molecular formula is C14H10Cl2FNO2. The van der Waals surface area contributed by atoms with Gasteiger partial charge in [-0.3, -0.25) is 4.79 Å². The van der Waals surface area contributed by atoms with Gasteiger partial charge in [0.15, 0.2) is 5.75 Å². The Hall–Kier alpha value is -1.78. The Kier molecular flexibility index (Phi) is 4.47. The number of benzene rings is 2. The van der Waals surface area contributed by atoms with Crippen LogP contribution in [0.4, 0.5) is 10.1 Å². The second kappa shape index (κ2) is 6.11. The molecule has 0 aliphatic carbocycles. The van der Waals surface area contributed by atoms with Crippen molar-refractivity contribution in [2.45, 2.75) is 0 Å². The van der Waals surface area contributed by atoms with E-state index in [1.165, 1.54) is 19.2 Å². The molecule has 0 saturated heterocycles. The zero-order chi connectivity index (χ0) is 14.7. The Morgan fingerprint density at radius 1 is 1.25 bits per heavy atom. The summed E-state index contributed by atoms with van der Waals surface area (Å²) in [6, 6.07) is 8.71. The molecule has 2 aromatic rings. The van der Waals surface area contributed by atoms with Crippen LogP contribution in [0.3, 0.4) is 0 Å². The van der Waals surface area contributed by atoms with Crippen molar-refractivity contribution in [1.29, 1.82) is 0 Å². The highest BCUT2D eigenvalue weighted by atomic mass is 35.5. The minimum Gasteiger partial charge on any atom is -0.493 e. The van der Waals surface area contributed by atoms with Crippen LogP contribution in [0, 0.1) is 5.82 Å². The van der Waals surface area contributed by atoms with Gasteiger partial charge in [0.05, 0.1) is 23.4 Å². The van der Waals surface area contributed by atoms with Crippen LogP contribution in [0.5, 0.6) is 5.75 Å². The Labute approximate surface area is 125 Å². The molecule has 0 fully saturated rings. The summed E-state index contributed by atoms with van der Waals surface area (Å²) in [4.78, 5) is 12.0. The highest BCUT2D eigenvalue weighted by Crippen LogP contribution is 2.32. The molecule has 0 aromatic heterocycles. The molecule has 3 nitrogen and oxygen atoms in total. The molecule has 20 heavy (non-hydrogen) atoms. The molecule has 104 valence electrons. The van der Waals surface area contributed by atoms with Crippen LogP contribution >= 0.6 is 23.2 Å². The minimum atomic E-state index is -0.698. The zero-order valence-corrected chi connectivity index (χ0v) is 11.9. The van der Waals surface area contributed by atoms with E-state index in [9.17, 15) is 9.18 Å². The largest absolute Gasteiger partial charge is 0.493 e. The summed E-state index contributed by atoms with van der Waals surface area (Å²) < 4.78 is 18.8. The number of halogens is 3. The molecule has 0 spiro atoms. The molecule has 0 saturated carbocycles. The van der Waals surface area contributed by atoms with Gasteiger partial charge in [0.2, 0.25) is 0 Å². The summed E-state index contributed by atoms with van der Waals surface area (Å²) in [7, 11) is 1.43. The van der Waals surface area contributed by atoms with Gasteiger partial charge in [-0.05, 0) is 30.3 Å². The van der Waals surface area contributed by atoms with Crippen LogP contribution in [0.2, 0.25) is 10.0 Å². The van der Waals surface area contributed by atoms with Gasteiger partial charge in [-0.1, -0.05) is 29.3 Å². The number of amides is 1. The van der Waals surface area contributed by atoms with Crippen LogP contribution in [0.1, 0.15) is 10.4 Å². The number of methoxy groups -OCH3 is 1. The molecule has 2 aromatic carbocycles. The van der Waals surface area contributed by atoms with Gasteiger partial charge in [0.1, 0.15) is 5.82 Å². The van der Waals surface area contributed by atoms with Gasteiger partial charge in [-0.15, -0.1) is 0 Å². The first kappa shape index (κ1) is 14.6. The molecule has 0 aliphatic rings. The van der Waals surface area contributed by atoms with Crippen molar-refractivity contribution in [2.75, 3.05) is 12.4 Å². The van der Waals surface area contributed by atoms with Crippen molar-refractivity contribution in [1.82, 2.24) is 0 Å². The SMILES string of the molecule is COc1c(Cl)cccc1NC(=O)c1ccc(Cl)cc1F. The quantitative estimate of drug-likeness (QED) is 0.912. The number of hydrogen-bond donors (Lipinski definition) is 1. The minimum absolute atomic E-state index is 0.114. The van der Waals surface area contributed by atoms with Crippen molar-refractivity contribution < 1.29 is 13.9 Å². The van der Waals surface area contributed by atoms with Crippen molar-refractivity contribution in [3.05, 3.63) is 57.8 Å². The van der Waals surface area contributed by atoms with E-state index in [1.807, 2.05) is 0 Å². The third-order valence-corrected chi connectivity index (χ3v) is 3.13. The van der Waals surface area contributed by atoms with Crippen LogP contribution in [-0.4, -0.2) is 13.0 Å². The first-order valence-electron chi connectivity index (χ1n) is 5.62. The zero-order valence-electron chi connectivity index (χ0n) is 10.4. The molecule has 1 amide bonds. The van der Waals surface area contributed by atoms with Gasteiger partial charge in [0.25, 0.3) is 5.91 Å². The summed E-state index contributed by atoms with van der Waals surface area (Å²) in [5.41, 5.74) is 0.246. The third kappa shape index (κ3) is 3.03. The molecular weight excluding hydrogens is 304 g/mol. The van der Waals surface area contributed by atoms with E-state index in [4.69, 9.17) is 27.9 Å². The maximum atomic E-state index is 13.7. The maximum Gasteiger partial charge on any atom is 0.258 e. The predicted molar refractivity (Wildman–Crippen MR) is 77.4 cm³/mol. The number of anilines is 1. The molecule has 1 N–H and O–H groups in total. The standard InChI is InChI=1S/C14H10Cl2FNO2/c1-20-13-10(16)3-2-4-12(13)18-14(19)9-6-5-8(15)7-11(9)17/h2-7H,1H3,(H,18,19). The lowest BCUT2D eigenvalue weighted by atomic mass is 10.2. The van der Waals surface area contributed by atoms with E-state index in [0.29, 0.717) is 16.5 Å². The van der Waals surface area contributed by atoms with E-state index < -0.39 is 11.7 Å². The lowest BCUT2D eigenvalue weighted by molar-refractivity contribution is 0.102. The normalized spacial score (nSPS) is 10.2. The number of para-hydroxylation sites is 1. The Morgan fingerprint density at radius 3 is 2.65 bits per heavy atom. The summed E-state index contributed by atoms with van der Waals surface area (Å²) in [6.07, 6.45) is 0. The predicted octanol–water partition coefficient (Wildman–Crippen LogP) is 4.39. The summed E-state index contributed by atoms with van der Waals surface area (Å²) in [5, 5.41) is 3.12. The fourth-order valence-electron chi connectivity index (χ4n) is 1.68. The van der Waals surface area contributed by atoms with Crippen molar-refractivity contribution in [3.63, 3.8) is 0 Å². The van der Waals surface area contributed by atoms with Crippen molar-refractivity contribution >= 4 is 34.8 Å². The second-order valence-electron chi connectivity index (χ2n) is 3.90. The van der Waals surface area contributed by atoms with Gasteiger partial charge >= 0.3 is 0 Å². The molecule has 0 unspecified atom stereocenters. The first-order chi connectivity index (χ1) is 9.52. The molecule has 2 rings (SSSR count). The fraction of sp³-hybridized carbons (Fsp3) is 0.0714. The number of hydrogen-bond acceptors (Lipinski definition) is 2. The summed E-state index contributed by atoms with van der Waals surface area (Å²) in [6.45, 7) is 0. The fourth-order valence-corrected chi connectivity index (χ4v) is 2.09. The average molecular weight is 314 g/mol. The molecule has 6 heteroatoms. The van der Waals surface area contributed by atoms with Gasteiger partial charge in [-0.2, -0.15) is 0 Å². The Bertz CT molecular complexity index is 662. The average Bonchev–Trinajstić information content (AvgIpc) is 2.38. The molecule has 0 atom stereocenters. The molecule has 0 bridgehead atoms. The smallest absolute Gasteiger partial charge is 0.258 e. The summed E-state index contributed by atoms with van der Waals surface area (Å²) in [5.74, 6) is -0.993. The summed E-state index contributed by atoms with van der Waals surface area (Å²) >= 11 is 11.6. The lowest BCUT2D eigenvalue weighted by Crippen LogP contribution is -2.14. The van der Waals surface area contributed by atoms with Crippen molar-refractivity contribution in [3.8, 4) is 5.75 Å². The Balaban J connectivity index is 2.30. The van der Waals surface area contributed by atoms with E-state index in [2.05, 4.69) is 5.32 Å². The third-order valence-electron chi connectivity index (χ3n) is 2.60. The van der Waals surface area contributed by atoms with Crippen LogP contribution in [-0.2, 0) is 0 Å². The number of ether oxygens (including phenoxy) is 1. The van der Waals surface area contributed by atoms with Gasteiger partial charge in [0, 0.05) is 5.02 Å². The van der Waals surface area contributed by atoms with E-state index in [0.717, 1.165) is 6.07 Å². The maximum absolute atomic E-state index is 13.7. The number of nitrogens with one attached hydrogen (secondary N) is 1. The highest BCUT2D eigenvalue weighted by molar-refractivity contribution is 6.32. The van der Waals surface area contributed by atoms with E-state index in [-0.39, 0.29) is 10.6 Å². The monoisotopic (exact) mass is 313 g/mol. The second-order valence-corrected chi connectivity index (χ2v) is 4.74. The van der Waals surface area contributed by atoms with Crippen LogP contribution in [0.15, 0.2) is 36.4 Å². The van der Waals surface area contributed by atoms with Gasteiger partial charge in [-0.25, -0.2) is 4.39 Å². The molecule has 0 heterocycles. The number of carbonyl (C=O) groups is 1. The van der Waals surface area contributed by atoms with Crippen LogP contribution < -0.4 is 10.1 Å². The first-order valence-corrected chi connectivity index (χ1v) is 6.37. The lowest BCUT2D eigenvalue weighted by Gasteiger charge is -2.11. The van der Waals surface area contributed by atoms with E-state index >= 15 is 0 Å². The van der Waals surface area contributed by atoms with Crippen LogP contribution in [0.25, 0.3) is 0 Å². The van der Waals surface area contributed by atoms with Gasteiger partial charge < -0.3 is 10.1 Å². The molecule has 0 radical (unpaired) electrons. The topological polar surface area (TPSA) is 38.3 Å². The molecule has 0 aliphatic heterocycles. The van der Waals surface area contributed by atoms with E-state index in [1.54, 1.807) is 18.2 Å². The van der Waals surface area contributed by atoms with Crippen molar-refractivity contribution in [2.24, 2.45) is 0 Å². The number of rotatable bonds is 3. The number of carbonyl (C=O) groups excluding carboxylic acids is 1. The highest BCUT2D eigenvalue weighted by Gasteiger charge is 2.15.